The number of hydrogen-bond donors (Lipinski definition) is 2. The summed E-state index contributed by atoms with van der Waals surface area (Å²) in [6.07, 6.45) is 4.94. The Hall–Kier alpha value is -1.86. The summed E-state index contributed by atoms with van der Waals surface area (Å²) in [7, 11) is 0. The molecule has 2 N–H and O–H groups in total. The van der Waals surface area contributed by atoms with Gasteiger partial charge in [0, 0.05) is 12.1 Å². The highest BCUT2D eigenvalue weighted by Gasteiger charge is 2.44. The van der Waals surface area contributed by atoms with Crippen LogP contribution in [0.4, 0.5) is 0 Å². The molecule has 0 spiro atoms. The van der Waals surface area contributed by atoms with Crippen LogP contribution < -0.4 is 5.32 Å². The Morgan fingerprint density at radius 1 is 1.26 bits per heavy atom. The molecule has 1 amide bonds. The zero-order chi connectivity index (χ0) is 16.9. The van der Waals surface area contributed by atoms with Crippen molar-refractivity contribution < 1.29 is 9.90 Å². The van der Waals surface area contributed by atoms with Crippen molar-refractivity contribution in [2.24, 2.45) is 0 Å². The predicted octanol–water partition coefficient (Wildman–Crippen LogP) is 3.30. The van der Waals surface area contributed by atoms with E-state index in [2.05, 4.69) is 11.4 Å². The summed E-state index contributed by atoms with van der Waals surface area (Å²) in [5.74, 6) is -0.177. The lowest BCUT2D eigenvalue weighted by Gasteiger charge is -2.27. The summed E-state index contributed by atoms with van der Waals surface area (Å²) >= 11 is 0. The van der Waals surface area contributed by atoms with Gasteiger partial charge in [-0.3, -0.25) is 4.79 Å². The van der Waals surface area contributed by atoms with E-state index in [0.29, 0.717) is 18.4 Å². The number of nitriles is 1. The van der Waals surface area contributed by atoms with Crippen LogP contribution in [0.3, 0.4) is 0 Å². The van der Waals surface area contributed by atoms with Crippen molar-refractivity contribution in [1.29, 1.82) is 5.26 Å². The highest BCUT2D eigenvalue weighted by atomic mass is 16.3. The van der Waals surface area contributed by atoms with Crippen LogP contribution in [0, 0.1) is 11.3 Å². The van der Waals surface area contributed by atoms with E-state index in [1.807, 2.05) is 26.0 Å². The van der Waals surface area contributed by atoms with Crippen LogP contribution in [0.25, 0.3) is 0 Å². The van der Waals surface area contributed by atoms with E-state index in [1.165, 1.54) is 0 Å². The first kappa shape index (κ1) is 17.5. The molecule has 124 valence electrons. The molecule has 1 aliphatic carbocycles. The Morgan fingerprint density at radius 2 is 1.83 bits per heavy atom. The van der Waals surface area contributed by atoms with E-state index in [4.69, 9.17) is 0 Å². The van der Waals surface area contributed by atoms with Crippen molar-refractivity contribution in [2.45, 2.75) is 63.4 Å². The van der Waals surface area contributed by atoms with Gasteiger partial charge < -0.3 is 10.4 Å². The number of amides is 1. The second-order valence-corrected chi connectivity index (χ2v) is 6.68. The fourth-order valence-electron chi connectivity index (χ4n) is 3.11. The number of rotatable bonds is 8. The molecule has 0 radical (unpaired) electrons. The molecule has 4 heteroatoms. The number of aliphatic hydroxyl groups is 1. The van der Waals surface area contributed by atoms with Gasteiger partial charge in [0.1, 0.15) is 0 Å². The maximum atomic E-state index is 12.3. The molecular weight excluding hydrogens is 288 g/mol. The Morgan fingerprint density at radius 3 is 2.26 bits per heavy atom. The van der Waals surface area contributed by atoms with Gasteiger partial charge in [0.2, 0.25) is 0 Å². The number of carbonyl (C=O) groups is 1. The average molecular weight is 314 g/mol. The molecule has 0 aliphatic heterocycles. The van der Waals surface area contributed by atoms with Crippen molar-refractivity contribution in [3.63, 3.8) is 0 Å². The van der Waals surface area contributed by atoms with Gasteiger partial charge in [-0.2, -0.15) is 5.26 Å². The van der Waals surface area contributed by atoms with Crippen molar-refractivity contribution >= 4 is 5.91 Å². The maximum Gasteiger partial charge on any atom is 0.251 e. The summed E-state index contributed by atoms with van der Waals surface area (Å²) in [6, 6.07) is 9.63. The molecule has 0 atom stereocenters. The number of carbonyl (C=O) groups excluding carboxylic acids is 1. The summed E-state index contributed by atoms with van der Waals surface area (Å²) in [6.45, 7) is 4.34. The number of nitrogens with zero attached hydrogens (tertiary/aromatic N) is 1. The van der Waals surface area contributed by atoms with E-state index in [9.17, 15) is 15.2 Å². The first-order chi connectivity index (χ1) is 11.0. The smallest absolute Gasteiger partial charge is 0.251 e. The Labute approximate surface area is 138 Å². The highest BCUT2D eigenvalue weighted by molar-refractivity contribution is 5.94. The van der Waals surface area contributed by atoms with Crippen LogP contribution in [0.5, 0.6) is 0 Å². The molecular formula is C19H26N2O2. The van der Waals surface area contributed by atoms with Gasteiger partial charge >= 0.3 is 0 Å². The fraction of sp³-hybridized carbons (Fsp3) is 0.579. The molecule has 1 aliphatic rings. The molecule has 0 heterocycles. The molecule has 1 saturated carbocycles. The van der Waals surface area contributed by atoms with Crippen LogP contribution in [0.2, 0.25) is 0 Å². The molecule has 0 bridgehead atoms. The lowest BCUT2D eigenvalue weighted by atomic mass is 9.92. The SMILES string of the molecule is CCCC(O)(CCC)CNC(=O)c1ccc(C2(C#N)CC2)cc1. The quantitative estimate of drug-likeness (QED) is 0.773. The molecule has 0 aromatic heterocycles. The molecule has 23 heavy (non-hydrogen) atoms. The topological polar surface area (TPSA) is 73.1 Å². The lowest BCUT2D eigenvalue weighted by molar-refractivity contribution is 0.0213. The van der Waals surface area contributed by atoms with Crippen LogP contribution in [-0.2, 0) is 5.41 Å². The standard InChI is InChI=1S/C19H26N2O2/c1-3-9-19(23,10-4-2)14-21-17(22)15-5-7-16(8-6-15)18(13-20)11-12-18/h5-8,23H,3-4,9-12,14H2,1-2H3,(H,21,22). The third kappa shape index (κ3) is 4.11. The molecule has 2 rings (SSSR count). The largest absolute Gasteiger partial charge is 0.388 e. The third-order valence-corrected chi connectivity index (χ3v) is 4.67. The number of nitrogens with one attached hydrogen (secondary N) is 1. The zero-order valence-corrected chi connectivity index (χ0v) is 14.1. The molecule has 4 nitrogen and oxygen atoms in total. The monoisotopic (exact) mass is 314 g/mol. The van der Waals surface area contributed by atoms with Crippen LogP contribution in [-0.4, -0.2) is 23.2 Å². The Bertz CT molecular complexity index is 576. The van der Waals surface area contributed by atoms with E-state index in [1.54, 1.807) is 12.1 Å². The van der Waals surface area contributed by atoms with Crippen LogP contribution >= 0.6 is 0 Å². The van der Waals surface area contributed by atoms with E-state index >= 15 is 0 Å². The van der Waals surface area contributed by atoms with Gasteiger partial charge in [0.25, 0.3) is 5.91 Å². The van der Waals surface area contributed by atoms with Gasteiger partial charge in [0.15, 0.2) is 0 Å². The lowest BCUT2D eigenvalue weighted by Crippen LogP contribution is -2.42. The summed E-state index contributed by atoms with van der Waals surface area (Å²) in [5.41, 5.74) is 0.415. The van der Waals surface area contributed by atoms with Gasteiger partial charge in [-0.05, 0) is 43.4 Å². The summed E-state index contributed by atoms with van der Waals surface area (Å²) in [5, 5.41) is 22.6. The molecule has 1 fully saturated rings. The average Bonchev–Trinajstić information content (AvgIpc) is 3.35. The Balaban J connectivity index is 1.97. The van der Waals surface area contributed by atoms with E-state index in [-0.39, 0.29) is 17.9 Å². The molecule has 1 aromatic rings. The van der Waals surface area contributed by atoms with E-state index < -0.39 is 5.60 Å². The second-order valence-electron chi connectivity index (χ2n) is 6.68. The minimum Gasteiger partial charge on any atom is -0.388 e. The number of hydrogen-bond acceptors (Lipinski definition) is 3. The zero-order valence-electron chi connectivity index (χ0n) is 14.1. The first-order valence-electron chi connectivity index (χ1n) is 8.51. The third-order valence-electron chi connectivity index (χ3n) is 4.67. The minimum atomic E-state index is -0.821. The van der Waals surface area contributed by atoms with Crippen LogP contribution in [0.1, 0.15) is 68.3 Å². The van der Waals surface area contributed by atoms with Gasteiger partial charge in [-0.15, -0.1) is 0 Å². The second kappa shape index (κ2) is 7.14. The Kier molecular flexibility index (Phi) is 5.43. The normalized spacial score (nSPS) is 15.7. The number of benzene rings is 1. The first-order valence-corrected chi connectivity index (χ1v) is 8.51. The predicted molar refractivity (Wildman–Crippen MR) is 90.1 cm³/mol. The molecule has 1 aromatic carbocycles. The van der Waals surface area contributed by atoms with E-state index in [0.717, 1.165) is 31.2 Å². The van der Waals surface area contributed by atoms with Gasteiger partial charge in [-0.25, -0.2) is 0 Å². The van der Waals surface area contributed by atoms with Crippen molar-refractivity contribution in [1.82, 2.24) is 5.32 Å². The van der Waals surface area contributed by atoms with Gasteiger partial charge in [0.05, 0.1) is 17.1 Å². The maximum absolute atomic E-state index is 12.3. The highest BCUT2D eigenvalue weighted by Crippen LogP contribution is 2.47. The summed E-state index contributed by atoms with van der Waals surface area (Å²) in [4.78, 5) is 12.3. The summed E-state index contributed by atoms with van der Waals surface area (Å²) < 4.78 is 0. The van der Waals surface area contributed by atoms with Crippen molar-refractivity contribution in [3.05, 3.63) is 35.4 Å². The molecule has 0 unspecified atom stereocenters. The van der Waals surface area contributed by atoms with Crippen LogP contribution in [0.15, 0.2) is 24.3 Å². The fourth-order valence-corrected chi connectivity index (χ4v) is 3.11. The molecule has 0 saturated heterocycles. The van der Waals surface area contributed by atoms with Gasteiger partial charge in [-0.1, -0.05) is 38.8 Å². The van der Waals surface area contributed by atoms with Crippen molar-refractivity contribution in [2.75, 3.05) is 6.54 Å². The van der Waals surface area contributed by atoms with Crippen molar-refractivity contribution in [3.8, 4) is 6.07 Å². The minimum absolute atomic E-state index is 0.177.